The van der Waals surface area contributed by atoms with Gasteiger partial charge in [0.25, 0.3) is 0 Å². The first kappa shape index (κ1) is 28.5. The molecule has 0 amide bonds. The minimum Gasteiger partial charge on any atom is -0.489 e. The van der Waals surface area contributed by atoms with Crippen LogP contribution >= 0.6 is 34.8 Å². The van der Waals surface area contributed by atoms with E-state index in [9.17, 15) is 9.90 Å². The number of aliphatic hydroxyl groups is 1. The van der Waals surface area contributed by atoms with Gasteiger partial charge in [-0.2, -0.15) is 0 Å². The number of carboxylic acid groups (broad SMARTS) is 1. The molecule has 1 aromatic heterocycles. The van der Waals surface area contributed by atoms with E-state index in [-0.39, 0.29) is 18.1 Å². The van der Waals surface area contributed by atoms with Crippen molar-refractivity contribution in [3.63, 3.8) is 0 Å². The van der Waals surface area contributed by atoms with Gasteiger partial charge in [0.2, 0.25) is 0 Å². The van der Waals surface area contributed by atoms with E-state index in [1.165, 1.54) is 12.2 Å². The molecule has 2 aliphatic carbocycles. The van der Waals surface area contributed by atoms with Gasteiger partial charge in [-0.3, -0.25) is 0 Å². The smallest absolute Gasteiger partial charge is 0.335 e. The molecule has 0 aliphatic heterocycles. The summed E-state index contributed by atoms with van der Waals surface area (Å²) >= 11 is 19.5. The van der Waals surface area contributed by atoms with Gasteiger partial charge in [-0.05, 0) is 68.9 Å². The Morgan fingerprint density at radius 2 is 1.85 bits per heavy atom. The monoisotopic (exact) mass is 599 g/mol. The fourth-order valence-corrected chi connectivity index (χ4v) is 5.95. The third kappa shape index (κ3) is 5.72. The van der Waals surface area contributed by atoms with Crippen molar-refractivity contribution in [2.24, 2.45) is 5.92 Å². The van der Waals surface area contributed by atoms with Gasteiger partial charge in [-0.25, -0.2) is 4.79 Å². The standard InChI is InChI=1S/C31H28Cl3NO5/c1-3-18(30(36)37)8-7-17(2)20-14-31(38,15-20)23-12-11-21(13-26(23)34)39-16-22-28(35-40-29(22)19-9-10-19)27-24(32)5-4-6-25(27)33/h3-8,11-13,19-20,38H,2,9-10,14-16H2,1H3,(H,36,37)/b8-7-,18-3+. The molecular formula is C31H28Cl3NO5. The molecule has 9 heteroatoms. The lowest BCUT2D eigenvalue weighted by atomic mass is 9.65. The summed E-state index contributed by atoms with van der Waals surface area (Å²) in [5, 5.41) is 26.1. The van der Waals surface area contributed by atoms with E-state index < -0.39 is 11.6 Å². The number of allylic oxidation sites excluding steroid dienone is 3. The summed E-state index contributed by atoms with van der Waals surface area (Å²) in [6.45, 7) is 5.90. The number of carboxylic acids is 1. The molecule has 0 unspecified atom stereocenters. The summed E-state index contributed by atoms with van der Waals surface area (Å²) in [5.74, 6) is 0.633. The van der Waals surface area contributed by atoms with Gasteiger partial charge < -0.3 is 19.5 Å². The Morgan fingerprint density at radius 3 is 2.45 bits per heavy atom. The number of rotatable bonds is 10. The van der Waals surface area contributed by atoms with Crippen LogP contribution in [0.4, 0.5) is 0 Å². The Hall–Kier alpha value is -3.03. The first-order valence-corrected chi connectivity index (χ1v) is 14.1. The second-order valence-electron chi connectivity index (χ2n) is 10.3. The molecule has 208 valence electrons. The number of ether oxygens (including phenoxy) is 1. The highest BCUT2D eigenvalue weighted by atomic mass is 35.5. The quantitative estimate of drug-likeness (QED) is 0.179. The summed E-state index contributed by atoms with van der Waals surface area (Å²) < 4.78 is 11.8. The van der Waals surface area contributed by atoms with Crippen molar-refractivity contribution < 1.29 is 24.3 Å². The van der Waals surface area contributed by atoms with Gasteiger partial charge in [-0.15, -0.1) is 0 Å². The topological polar surface area (TPSA) is 92.8 Å². The lowest BCUT2D eigenvalue weighted by molar-refractivity contribution is -0.132. The zero-order valence-corrected chi connectivity index (χ0v) is 24.1. The molecule has 2 fully saturated rings. The van der Waals surface area contributed by atoms with E-state index >= 15 is 0 Å². The lowest BCUT2D eigenvalue weighted by Gasteiger charge is -2.45. The fraction of sp³-hybridized carbons (Fsp3) is 0.290. The summed E-state index contributed by atoms with van der Waals surface area (Å²) in [4.78, 5) is 11.2. The first-order valence-electron chi connectivity index (χ1n) is 13.0. The number of halogens is 3. The zero-order chi connectivity index (χ0) is 28.6. The predicted molar refractivity (Wildman–Crippen MR) is 156 cm³/mol. The summed E-state index contributed by atoms with van der Waals surface area (Å²) in [7, 11) is 0. The van der Waals surface area contributed by atoms with Crippen LogP contribution in [0.3, 0.4) is 0 Å². The van der Waals surface area contributed by atoms with Gasteiger partial charge in [0.15, 0.2) is 0 Å². The van der Waals surface area contributed by atoms with Crippen molar-refractivity contribution >= 4 is 40.8 Å². The van der Waals surface area contributed by atoms with Crippen molar-refractivity contribution in [1.29, 1.82) is 0 Å². The van der Waals surface area contributed by atoms with E-state index in [0.717, 1.165) is 29.7 Å². The Morgan fingerprint density at radius 1 is 1.15 bits per heavy atom. The molecule has 1 heterocycles. The Labute approximate surface area is 247 Å². The van der Waals surface area contributed by atoms with E-state index in [1.54, 1.807) is 49.4 Å². The van der Waals surface area contributed by atoms with Crippen LogP contribution in [0.5, 0.6) is 5.75 Å². The van der Waals surface area contributed by atoms with E-state index in [2.05, 4.69) is 11.7 Å². The number of carbonyl (C=O) groups is 1. The third-order valence-electron chi connectivity index (χ3n) is 7.52. The molecule has 40 heavy (non-hydrogen) atoms. The molecule has 0 radical (unpaired) electrons. The molecule has 0 saturated heterocycles. The maximum absolute atomic E-state index is 11.2. The normalized spacial score (nSPS) is 20.9. The molecule has 0 atom stereocenters. The largest absolute Gasteiger partial charge is 0.489 e. The van der Waals surface area contributed by atoms with Gasteiger partial charge in [0, 0.05) is 17.0 Å². The minimum absolute atomic E-state index is 0.0182. The van der Waals surface area contributed by atoms with Crippen LogP contribution in [0.25, 0.3) is 11.3 Å². The van der Waals surface area contributed by atoms with Crippen molar-refractivity contribution in [2.75, 3.05) is 0 Å². The maximum atomic E-state index is 11.2. The van der Waals surface area contributed by atoms with Crippen LogP contribution in [-0.2, 0) is 17.0 Å². The first-order chi connectivity index (χ1) is 19.1. The Bertz CT molecular complexity index is 1510. The summed E-state index contributed by atoms with van der Waals surface area (Å²) in [5.41, 5.74) is 2.43. The molecule has 6 nitrogen and oxygen atoms in total. The molecule has 0 bridgehead atoms. The average molecular weight is 601 g/mol. The fourth-order valence-electron chi connectivity index (χ4n) is 5.03. The van der Waals surface area contributed by atoms with Crippen LogP contribution in [0, 0.1) is 5.92 Å². The maximum Gasteiger partial charge on any atom is 0.335 e. The predicted octanol–water partition coefficient (Wildman–Crippen LogP) is 8.50. The van der Waals surface area contributed by atoms with E-state index in [4.69, 9.17) is 49.2 Å². The number of hydrogen-bond donors (Lipinski definition) is 2. The highest BCUT2D eigenvalue weighted by Crippen LogP contribution is 2.51. The van der Waals surface area contributed by atoms with Crippen molar-refractivity contribution in [3.05, 3.63) is 104 Å². The van der Waals surface area contributed by atoms with Crippen LogP contribution in [0.1, 0.15) is 55.4 Å². The van der Waals surface area contributed by atoms with Gasteiger partial charge >= 0.3 is 5.97 Å². The van der Waals surface area contributed by atoms with Gasteiger partial charge in [0.05, 0.1) is 31.8 Å². The zero-order valence-electron chi connectivity index (χ0n) is 21.8. The molecule has 2 N–H and O–H groups in total. The summed E-state index contributed by atoms with van der Waals surface area (Å²) in [6, 6.07) is 10.5. The summed E-state index contributed by atoms with van der Waals surface area (Å²) in [6.07, 6.45) is 7.65. The van der Waals surface area contributed by atoms with Crippen LogP contribution in [0.2, 0.25) is 15.1 Å². The number of benzene rings is 2. The van der Waals surface area contributed by atoms with Crippen molar-refractivity contribution in [2.45, 2.75) is 50.7 Å². The molecule has 2 saturated carbocycles. The molecule has 2 aromatic carbocycles. The number of hydrogen-bond acceptors (Lipinski definition) is 5. The number of aliphatic carboxylic acids is 1. The van der Waals surface area contributed by atoms with Gasteiger partial charge in [0.1, 0.15) is 23.8 Å². The second-order valence-corrected chi connectivity index (χ2v) is 11.5. The van der Waals surface area contributed by atoms with Crippen molar-refractivity contribution in [1.82, 2.24) is 5.16 Å². The highest BCUT2D eigenvalue weighted by molar-refractivity contribution is 6.39. The number of aromatic nitrogens is 1. The van der Waals surface area contributed by atoms with Crippen LogP contribution in [-0.4, -0.2) is 21.3 Å². The van der Waals surface area contributed by atoms with E-state index in [1.807, 2.05) is 0 Å². The third-order valence-corrected chi connectivity index (χ3v) is 8.46. The van der Waals surface area contributed by atoms with Crippen LogP contribution < -0.4 is 4.74 Å². The Balaban J connectivity index is 1.28. The molecule has 2 aliphatic rings. The SMILES string of the molecule is C=C(/C=C\C(=C/C)C(=O)O)C1CC(O)(c2ccc(OCc3c(-c4c(Cl)cccc4Cl)noc3C3CC3)cc2Cl)C1. The van der Waals surface area contributed by atoms with Crippen molar-refractivity contribution in [3.8, 4) is 17.0 Å². The lowest BCUT2D eigenvalue weighted by Crippen LogP contribution is -2.41. The molecule has 0 spiro atoms. The van der Waals surface area contributed by atoms with E-state index in [0.29, 0.717) is 56.4 Å². The molecule has 5 rings (SSSR count). The second kappa shape index (κ2) is 11.5. The average Bonchev–Trinajstić information content (AvgIpc) is 3.65. The van der Waals surface area contributed by atoms with Crippen LogP contribution in [0.15, 0.2) is 76.9 Å². The molecule has 3 aromatic rings. The number of nitrogens with zero attached hydrogens (tertiary/aromatic N) is 1. The minimum atomic E-state index is -1.10. The van der Waals surface area contributed by atoms with Gasteiger partial charge in [-0.1, -0.05) is 76.4 Å². The highest BCUT2D eigenvalue weighted by Gasteiger charge is 2.45. The Kier molecular flexibility index (Phi) is 8.16. The molecular weight excluding hydrogens is 573 g/mol.